The minimum Gasteiger partial charge on any atom is -0.497 e. The number of rotatable bonds is 12. The highest BCUT2D eigenvalue weighted by atomic mass is 35.5. The maximum absolute atomic E-state index is 14.2. The van der Waals surface area contributed by atoms with Crippen LogP contribution in [0.1, 0.15) is 51.0 Å². The molecule has 1 atom stereocenters. The van der Waals surface area contributed by atoms with Crippen LogP contribution < -0.4 is 14.4 Å². The van der Waals surface area contributed by atoms with Gasteiger partial charge >= 0.3 is 0 Å². The number of methoxy groups -OCH3 is 1. The van der Waals surface area contributed by atoms with E-state index in [2.05, 4.69) is 5.32 Å². The molecule has 42 heavy (non-hydrogen) atoms. The lowest BCUT2D eigenvalue weighted by Crippen LogP contribution is -2.54. The lowest BCUT2D eigenvalue weighted by molar-refractivity contribution is -0.140. The van der Waals surface area contributed by atoms with Crippen molar-refractivity contribution in [2.45, 2.75) is 69.0 Å². The van der Waals surface area contributed by atoms with Crippen molar-refractivity contribution in [3.05, 3.63) is 89.4 Å². The van der Waals surface area contributed by atoms with E-state index in [1.165, 1.54) is 29.2 Å². The Morgan fingerprint density at radius 2 is 1.60 bits per heavy atom. The Morgan fingerprint density at radius 3 is 2.19 bits per heavy atom. The molecule has 0 radical (unpaired) electrons. The molecule has 1 aliphatic rings. The number of carbonyl (C=O) groups is 2. The third-order valence-electron chi connectivity index (χ3n) is 7.57. The van der Waals surface area contributed by atoms with Crippen LogP contribution in [-0.2, 0) is 26.2 Å². The van der Waals surface area contributed by atoms with Gasteiger partial charge < -0.3 is 15.0 Å². The number of hydrogen-bond donors (Lipinski definition) is 1. The van der Waals surface area contributed by atoms with Gasteiger partial charge in [0.1, 0.15) is 18.3 Å². The average Bonchev–Trinajstić information content (AvgIpc) is 3.01. The Morgan fingerprint density at radius 1 is 0.952 bits per heavy atom. The first-order valence-corrected chi connectivity index (χ1v) is 16.1. The van der Waals surface area contributed by atoms with Gasteiger partial charge in [-0.15, -0.1) is 0 Å². The summed E-state index contributed by atoms with van der Waals surface area (Å²) in [4.78, 5) is 29.3. The largest absolute Gasteiger partial charge is 0.497 e. The molecule has 1 fully saturated rings. The maximum atomic E-state index is 14.2. The summed E-state index contributed by atoms with van der Waals surface area (Å²) in [6, 6.07) is 20.9. The maximum Gasteiger partial charge on any atom is 0.264 e. The predicted octanol–water partition coefficient (Wildman–Crippen LogP) is 5.80. The summed E-state index contributed by atoms with van der Waals surface area (Å²) < 4.78 is 34.1. The van der Waals surface area contributed by atoms with Crippen molar-refractivity contribution in [1.82, 2.24) is 10.2 Å². The van der Waals surface area contributed by atoms with E-state index in [1.54, 1.807) is 49.6 Å². The quantitative estimate of drug-likeness (QED) is 0.279. The number of benzene rings is 3. The molecule has 1 N–H and O–H groups in total. The summed E-state index contributed by atoms with van der Waals surface area (Å²) >= 11 is 6.02. The number of sulfonamides is 1. The third kappa shape index (κ3) is 7.83. The highest BCUT2D eigenvalue weighted by Gasteiger charge is 2.34. The van der Waals surface area contributed by atoms with E-state index in [0.29, 0.717) is 22.9 Å². The molecular formula is C32H38ClN3O5S. The van der Waals surface area contributed by atoms with Crippen LogP contribution in [0.3, 0.4) is 0 Å². The Hall–Kier alpha value is -3.56. The fourth-order valence-electron chi connectivity index (χ4n) is 5.25. The minimum atomic E-state index is -4.15. The van der Waals surface area contributed by atoms with Gasteiger partial charge in [0, 0.05) is 17.6 Å². The van der Waals surface area contributed by atoms with Crippen molar-refractivity contribution >= 4 is 39.1 Å². The van der Waals surface area contributed by atoms with Crippen LogP contribution in [0.25, 0.3) is 0 Å². The molecular weight excluding hydrogens is 574 g/mol. The molecule has 224 valence electrons. The normalized spacial score (nSPS) is 14.5. The number of para-hydroxylation sites is 1. The first kappa shape index (κ1) is 31.4. The Balaban J connectivity index is 1.68. The fraction of sp³-hybridized carbons (Fsp3) is 0.375. The third-order valence-corrected chi connectivity index (χ3v) is 9.61. The van der Waals surface area contributed by atoms with E-state index in [4.69, 9.17) is 16.3 Å². The number of nitrogens with one attached hydrogen (secondary N) is 1. The highest BCUT2D eigenvalue weighted by molar-refractivity contribution is 7.92. The second-order valence-corrected chi connectivity index (χ2v) is 12.7. The number of halogens is 1. The molecule has 0 heterocycles. The number of carbonyl (C=O) groups excluding carboxylic acids is 2. The summed E-state index contributed by atoms with van der Waals surface area (Å²) in [5.41, 5.74) is 1.13. The Bertz CT molecular complexity index is 1430. The minimum absolute atomic E-state index is 0.00680. The summed E-state index contributed by atoms with van der Waals surface area (Å²) in [7, 11) is -2.57. The van der Waals surface area contributed by atoms with Gasteiger partial charge in [-0.3, -0.25) is 13.9 Å². The molecule has 1 saturated carbocycles. The lowest BCUT2D eigenvalue weighted by atomic mass is 9.95. The van der Waals surface area contributed by atoms with Gasteiger partial charge in [-0.1, -0.05) is 68.1 Å². The molecule has 0 unspecified atom stereocenters. The predicted molar refractivity (Wildman–Crippen MR) is 165 cm³/mol. The molecule has 0 aliphatic heterocycles. The first-order valence-electron chi connectivity index (χ1n) is 14.3. The van der Waals surface area contributed by atoms with Gasteiger partial charge in [0.15, 0.2) is 0 Å². The van der Waals surface area contributed by atoms with Crippen molar-refractivity contribution in [1.29, 1.82) is 0 Å². The van der Waals surface area contributed by atoms with Gasteiger partial charge in [0.2, 0.25) is 11.8 Å². The topological polar surface area (TPSA) is 96.0 Å². The zero-order valence-corrected chi connectivity index (χ0v) is 25.6. The molecule has 0 spiro atoms. The van der Waals surface area contributed by atoms with Crippen LogP contribution in [0.4, 0.5) is 5.69 Å². The van der Waals surface area contributed by atoms with Crippen molar-refractivity contribution in [3.63, 3.8) is 0 Å². The van der Waals surface area contributed by atoms with Crippen LogP contribution in [0.15, 0.2) is 83.8 Å². The second-order valence-electron chi connectivity index (χ2n) is 10.4. The standard InChI is InChI=1S/C32H38ClN3O5S/c1-3-30(32(38)34-26-10-6-4-7-11-26)35(22-24-14-18-28(41-2)19-15-24)31(37)23-36(27-12-8-5-9-13-27)42(39,40)29-20-16-25(33)17-21-29/h5,8-9,12-21,26,30H,3-4,6-7,10-11,22-23H2,1-2H3,(H,34,38)/t30-/m1/s1. The fourth-order valence-corrected chi connectivity index (χ4v) is 6.79. The Labute approximate surface area is 253 Å². The molecule has 2 amide bonds. The van der Waals surface area contributed by atoms with Crippen LogP contribution >= 0.6 is 11.6 Å². The van der Waals surface area contributed by atoms with E-state index in [-0.39, 0.29) is 23.4 Å². The van der Waals surface area contributed by atoms with Gasteiger partial charge in [-0.2, -0.15) is 0 Å². The number of hydrogen-bond acceptors (Lipinski definition) is 5. The molecule has 1 aliphatic carbocycles. The summed E-state index contributed by atoms with van der Waals surface area (Å²) in [6.45, 7) is 1.50. The number of ether oxygens (including phenoxy) is 1. The van der Waals surface area contributed by atoms with Crippen molar-refractivity contribution in [3.8, 4) is 5.75 Å². The zero-order chi connectivity index (χ0) is 30.1. The highest BCUT2D eigenvalue weighted by Crippen LogP contribution is 2.26. The molecule has 0 aromatic heterocycles. The van der Waals surface area contributed by atoms with Crippen molar-refractivity contribution < 1.29 is 22.7 Å². The number of anilines is 1. The van der Waals surface area contributed by atoms with Crippen LogP contribution in [0, 0.1) is 0 Å². The number of nitrogens with zero attached hydrogens (tertiary/aromatic N) is 2. The van der Waals surface area contributed by atoms with E-state index in [0.717, 1.165) is 42.0 Å². The van der Waals surface area contributed by atoms with Crippen LogP contribution in [0.2, 0.25) is 5.02 Å². The van der Waals surface area contributed by atoms with E-state index in [9.17, 15) is 18.0 Å². The monoisotopic (exact) mass is 611 g/mol. The van der Waals surface area contributed by atoms with Gasteiger partial charge in [-0.05, 0) is 73.4 Å². The molecule has 8 nitrogen and oxygen atoms in total. The average molecular weight is 612 g/mol. The first-order chi connectivity index (χ1) is 20.2. The molecule has 0 bridgehead atoms. The van der Waals surface area contributed by atoms with Crippen molar-refractivity contribution in [2.24, 2.45) is 0 Å². The summed E-state index contributed by atoms with van der Waals surface area (Å²) in [5.74, 6) is -0.0426. The van der Waals surface area contributed by atoms with Gasteiger partial charge in [0.25, 0.3) is 10.0 Å². The zero-order valence-electron chi connectivity index (χ0n) is 24.0. The number of amides is 2. The molecule has 10 heteroatoms. The van der Waals surface area contributed by atoms with Crippen LogP contribution in [0.5, 0.6) is 5.75 Å². The van der Waals surface area contributed by atoms with Crippen LogP contribution in [-0.4, -0.2) is 50.9 Å². The van der Waals surface area contributed by atoms with Gasteiger partial charge in [0.05, 0.1) is 17.7 Å². The summed E-state index contributed by atoms with van der Waals surface area (Å²) in [5, 5.41) is 3.56. The second kappa shape index (κ2) is 14.6. The van der Waals surface area contributed by atoms with E-state index < -0.39 is 28.5 Å². The molecule has 0 saturated heterocycles. The molecule has 3 aromatic rings. The summed E-state index contributed by atoms with van der Waals surface area (Å²) in [6.07, 6.45) is 5.47. The SMILES string of the molecule is CC[C@H](C(=O)NC1CCCCC1)N(Cc1ccc(OC)cc1)C(=O)CN(c1ccccc1)S(=O)(=O)c1ccc(Cl)cc1. The van der Waals surface area contributed by atoms with Crippen molar-refractivity contribution in [2.75, 3.05) is 18.0 Å². The van der Waals surface area contributed by atoms with E-state index >= 15 is 0 Å². The Kier molecular flexibility index (Phi) is 10.9. The van der Waals surface area contributed by atoms with Gasteiger partial charge in [-0.25, -0.2) is 8.42 Å². The lowest BCUT2D eigenvalue weighted by Gasteiger charge is -2.34. The molecule has 3 aromatic carbocycles. The smallest absolute Gasteiger partial charge is 0.264 e. The van der Waals surface area contributed by atoms with E-state index in [1.807, 2.05) is 19.1 Å². The molecule has 4 rings (SSSR count).